The number of β-amino-alcohol motifs (C(OH)–C–C–N with tert-alkyl or cyclic N) is 1. The van der Waals surface area contributed by atoms with Crippen molar-refractivity contribution in [2.45, 2.75) is 63.1 Å². The Bertz CT molecular complexity index is 584. The summed E-state index contributed by atoms with van der Waals surface area (Å²) in [6.45, 7) is 0.119. The third kappa shape index (κ3) is 4.72. The fraction of sp³-hybridized carbons (Fsp3) is 0.579. The van der Waals surface area contributed by atoms with Crippen LogP contribution in [-0.2, 0) is 4.79 Å². The summed E-state index contributed by atoms with van der Waals surface area (Å²) in [7, 11) is 0. The predicted octanol–water partition coefficient (Wildman–Crippen LogP) is 2.46. The first-order valence-electron chi connectivity index (χ1n) is 9.15. The number of carbonyl (C=O) groups is 2. The normalized spacial score (nSPS) is 24.6. The summed E-state index contributed by atoms with van der Waals surface area (Å²) < 4.78 is 5.33. The minimum absolute atomic E-state index is 0.119. The van der Waals surface area contributed by atoms with Crippen molar-refractivity contribution in [2.24, 2.45) is 0 Å². The van der Waals surface area contributed by atoms with Gasteiger partial charge in [-0.25, -0.2) is 4.79 Å². The molecule has 0 bridgehead atoms. The van der Waals surface area contributed by atoms with E-state index < -0.39 is 18.2 Å². The first-order valence-corrected chi connectivity index (χ1v) is 9.15. The van der Waals surface area contributed by atoms with E-state index in [0.29, 0.717) is 5.75 Å². The Kier molecular flexibility index (Phi) is 5.91. The molecule has 1 aromatic rings. The number of benzene rings is 1. The Balaban J connectivity index is 1.62. The Morgan fingerprint density at radius 1 is 1.08 bits per heavy atom. The van der Waals surface area contributed by atoms with Gasteiger partial charge in [-0.15, -0.1) is 0 Å². The van der Waals surface area contributed by atoms with Gasteiger partial charge in [0, 0.05) is 12.5 Å². The third-order valence-corrected chi connectivity index (χ3v) is 4.97. The summed E-state index contributed by atoms with van der Waals surface area (Å²) in [5.74, 6) is 0.241. The highest BCUT2D eigenvalue weighted by atomic mass is 16.6. The van der Waals surface area contributed by atoms with Crippen molar-refractivity contribution >= 4 is 12.0 Å². The largest absolute Gasteiger partial charge is 0.416 e. The Labute approximate surface area is 148 Å². The number of hydrogen-bond donors (Lipinski definition) is 2. The standard InChI is InChI=1S/C19H26N2O4/c22-15-12-17(18(23)20-14-8-4-1-2-5-9-14)21(13-15)19(24)25-16-10-6-3-7-11-16/h3,6-7,10-11,14-15,17,22H,1-2,4-5,8-9,12-13H2,(H,20,23)/t15-,17-/m1/s1. The van der Waals surface area contributed by atoms with Crippen molar-refractivity contribution in [1.82, 2.24) is 10.2 Å². The van der Waals surface area contributed by atoms with Gasteiger partial charge in [0.2, 0.25) is 5.91 Å². The molecule has 2 fully saturated rings. The van der Waals surface area contributed by atoms with Crippen molar-refractivity contribution in [3.8, 4) is 5.75 Å². The molecular formula is C19H26N2O4. The molecule has 0 radical (unpaired) electrons. The second kappa shape index (κ2) is 8.34. The smallest absolute Gasteiger partial charge is 0.410 e. The van der Waals surface area contributed by atoms with Gasteiger partial charge in [0.05, 0.1) is 12.6 Å². The molecule has 2 atom stereocenters. The van der Waals surface area contributed by atoms with Gasteiger partial charge in [0.1, 0.15) is 11.8 Å². The highest BCUT2D eigenvalue weighted by molar-refractivity contribution is 5.87. The third-order valence-electron chi connectivity index (χ3n) is 4.97. The summed E-state index contributed by atoms with van der Waals surface area (Å²) in [6.07, 6.45) is 5.59. The van der Waals surface area contributed by atoms with Gasteiger partial charge >= 0.3 is 6.09 Å². The Morgan fingerprint density at radius 2 is 1.76 bits per heavy atom. The molecule has 2 N–H and O–H groups in total. The first-order chi connectivity index (χ1) is 12.1. The maximum absolute atomic E-state index is 12.7. The van der Waals surface area contributed by atoms with Gasteiger partial charge in [0.25, 0.3) is 0 Å². The summed E-state index contributed by atoms with van der Waals surface area (Å²) >= 11 is 0. The van der Waals surface area contributed by atoms with Gasteiger partial charge in [0.15, 0.2) is 0 Å². The van der Waals surface area contributed by atoms with Crippen LogP contribution in [0, 0.1) is 0 Å². The Morgan fingerprint density at radius 3 is 2.44 bits per heavy atom. The van der Waals surface area contributed by atoms with E-state index in [1.807, 2.05) is 6.07 Å². The van der Waals surface area contributed by atoms with Crippen molar-refractivity contribution in [3.05, 3.63) is 30.3 Å². The lowest BCUT2D eigenvalue weighted by atomic mass is 10.1. The number of likely N-dealkylation sites (tertiary alicyclic amines) is 1. The maximum atomic E-state index is 12.7. The summed E-state index contributed by atoms with van der Waals surface area (Å²) in [4.78, 5) is 26.4. The van der Waals surface area contributed by atoms with Gasteiger partial charge in [-0.2, -0.15) is 0 Å². The fourth-order valence-corrected chi connectivity index (χ4v) is 3.63. The molecule has 2 aliphatic rings. The minimum atomic E-state index is -0.701. The number of aliphatic hydroxyl groups is 1. The second-order valence-electron chi connectivity index (χ2n) is 6.94. The molecule has 1 saturated carbocycles. The summed E-state index contributed by atoms with van der Waals surface area (Å²) in [5.41, 5.74) is 0. The average molecular weight is 346 g/mol. The molecule has 1 aliphatic heterocycles. The van der Waals surface area contributed by atoms with E-state index in [-0.39, 0.29) is 24.9 Å². The number of hydrogen-bond acceptors (Lipinski definition) is 4. The number of amides is 2. The molecule has 1 aromatic carbocycles. The Hall–Kier alpha value is -2.08. The molecule has 136 valence electrons. The summed E-state index contributed by atoms with van der Waals surface area (Å²) in [5, 5.41) is 13.0. The van der Waals surface area contributed by atoms with Crippen LogP contribution in [0.2, 0.25) is 0 Å². The van der Waals surface area contributed by atoms with E-state index in [2.05, 4.69) is 5.32 Å². The molecule has 0 unspecified atom stereocenters. The molecule has 6 nitrogen and oxygen atoms in total. The fourth-order valence-electron chi connectivity index (χ4n) is 3.63. The van der Waals surface area contributed by atoms with Crippen LogP contribution in [-0.4, -0.2) is 46.7 Å². The van der Waals surface area contributed by atoms with E-state index in [1.165, 1.54) is 17.7 Å². The number of rotatable bonds is 3. The zero-order valence-corrected chi connectivity index (χ0v) is 14.4. The molecule has 0 aromatic heterocycles. The van der Waals surface area contributed by atoms with Crippen molar-refractivity contribution in [1.29, 1.82) is 0 Å². The lowest BCUT2D eigenvalue weighted by molar-refractivity contribution is -0.125. The quantitative estimate of drug-likeness (QED) is 0.824. The van der Waals surface area contributed by atoms with Crippen LogP contribution in [0.25, 0.3) is 0 Å². The van der Waals surface area contributed by atoms with E-state index in [0.717, 1.165) is 25.7 Å². The van der Waals surface area contributed by atoms with Crippen molar-refractivity contribution in [3.63, 3.8) is 0 Å². The molecule has 0 spiro atoms. The molecule has 1 aliphatic carbocycles. The second-order valence-corrected chi connectivity index (χ2v) is 6.94. The number of carbonyl (C=O) groups excluding carboxylic acids is 2. The highest BCUT2D eigenvalue weighted by Gasteiger charge is 2.40. The molecular weight excluding hydrogens is 320 g/mol. The number of ether oxygens (including phenoxy) is 1. The lowest BCUT2D eigenvalue weighted by Gasteiger charge is -2.25. The molecule has 6 heteroatoms. The van der Waals surface area contributed by atoms with Crippen LogP contribution in [0.4, 0.5) is 4.79 Å². The van der Waals surface area contributed by atoms with E-state index in [1.54, 1.807) is 24.3 Å². The first kappa shape index (κ1) is 17.7. The van der Waals surface area contributed by atoms with Crippen LogP contribution >= 0.6 is 0 Å². The zero-order chi connectivity index (χ0) is 17.6. The SMILES string of the molecule is O=C(NC1CCCCCC1)[C@H]1C[C@@H](O)CN1C(=O)Oc1ccccc1. The average Bonchev–Trinajstić information content (AvgIpc) is 2.82. The van der Waals surface area contributed by atoms with Crippen LogP contribution in [0.1, 0.15) is 44.9 Å². The van der Waals surface area contributed by atoms with Crippen LogP contribution in [0.15, 0.2) is 30.3 Å². The van der Waals surface area contributed by atoms with Gasteiger partial charge in [-0.05, 0) is 25.0 Å². The molecule has 2 amide bonds. The molecule has 25 heavy (non-hydrogen) atoms. The zero-order valence-electron chi connectivity index (χ0n) is 14.4. The molecule has 3 rings (SSSR count). The summed E-state index contributed by atoms with van der Waals surface area (Å²) in [6, 6.07) is 8.25. The highest BCUT2D eigenvalue weighted by Crippen LogP contribution is 2.22. The lowest BCUT2D eigenvalue weighted by Crippen LogP contribution is -2.49. The number of nitrogens with one attached hydrogen (secondary N) is 1. The van der Waals surface area contributed by atoms with E-state index >= 15 is 0 Å². The van der Waals surface area contributed by atoms with E-state index in [9.17, 15) is 14.7 Å². The topological polar surface area (TPSA) is 78.9 Å². The maximum Gasteiger partial charge on any atom is 0.416 e. The number of para-hydroxylation sites is 1. The molecule has 1 saturated heterocycles. The van der Waals surface area contributed by atoms with Crippen LogP contribution < -0.4 is 10.1 Å². The van der Waals surface area contributed by atoms with Crippen LogP contribution in [0.3, 0.4) is 0 Å². The van der Waals surface area contributed by atoms with Crippen molar-refractivity contribution < 1.29 is 19.4 Å². The van der Waals surface area contributed by atoms with Gasteiger partial charge < -0.3 is 15.2 Å². The minimum Gasteiger partial charge on any atom is -0.410 e. The molecule has 1 heterocycles. The van der Waals surface area contributed by atoms with Crippen LogP contribution in [0.5, 0.6) is 5.75 Å². The monoisotopic (exact) mass is 346 g/mol. The van der Waals surface area contributed by atoms with Gasteiger partial charge in [-0.1, -0.05) is 43.9 Å². The van der Waals surface area contributed by atoms with E-state index in [4.69, 9.17) is 4.74 Å². The predicted molar refractivity (Wildman–Crippen MR) is 93.2 cm³/mol. The van der Waals surface area contributed by atoms with Gasteiger partial charge in [-0.3, -0.25) is 9.69 Å². The van der Waals surface area contributed by atoms with Crippen molar-refractivity contribution in [2.75, 3.05) is 6.54 Å². The number of nitrogens with zero attached hydrogens (tertiary/aromatic N) is 1. The number of aliphatic hydroxyl groups excluding tert-OH is 1.